The first-order valence-electron chi connectivity index (χ1n) is 7.76. The van der Waals surface area contributed by atoms with E-state index in [1.165, 1.54) is 6.21 Å². The molecule has 0 spiro atoms. The lowest BCUT2D eigenvalue weighted by Gasteiger charge is -1.96. The molecule has 0 radical (unpaired) electrons. The van der Waals surface area contributed by atoms with Gasteiger partial charge in [-0.2, -0.15) is 5.10 Å². The molecule has 0 atom stereocenters. The molecular weight excluding hydrogens is 316 g/mol. The summed E-state index contributed by atoms with van der Waals surface area (Å²) in [5.41, 5.74) is 3.11. The Bertz CT molecular complexity index is 1090. The lowest BCUT2D eigenvalue weighted by molar-refractivity contribution is 0.0929. The molecule has 122 valence electrons. The third-order valence-electron chi connectivity index (χ3n) is 3.78. The number of allylic oxidation sites excluding steroid dienone is 1. The summed E-state index contributed by atoms with van der Waals surface area (Å²) in [6.07, 6.45) is 6.47. The van der Waals surface area contributed by atoms with Crippen molar-refractivity contribution in [2.24, 2.45) is 5.10 Å². The SMILES string of the molecule is O=C(N/N=C/C=C/c1ccco1)c1cc2c(ccc3ccccc32)o1. The summed E-state index contributed by atoms with van der Waals surface area (Å²) >= 11 is 0. The molecule has 2 aromatic carbocycles. The normalized spacial score (nSPS) is 11.8. The van der Waals surface area contributed by atoms with E-state index in [1.54, 1.807) is 30.5 Å². The minimum atomic E-state index is -0.400. The molecule has 5 heteroatoms. The average molecular weight is 330 g/mol. The van der Waals surface area contributed by atoms with Gasteiger partial charge in [0.25, 0.3) is 0 Å². The number of hydrogen-bond donors (Lipinski definition) is 1. The monoisotopic (exact) mass is 330 g/mol. The van der Waals surface area contributed by atoms with Crippen LogP contribution in [0.3, 0.4) is 0 Å². The Kier molecular flexibility index (Phi) is 3.88. The van der Waals surface area contributed by atoms with Gasteiger partial charge in [0.05, 0.1) is 6.26 Å². The van der Waals surface area contributed by atoms with Gasteiger partial charge in [-0.05, 0) is 47.2 Å². The highest BCUT2D eigenvalue weighted by atomic mass is 16.3. The topological polar surface area (TPSA) is 67.7 Å². The number of nitrogens with one attached hydrogen (secondary N) is 1. The molecule has 1 N–H and O–H groups in total. The Morgan fingerprint density at radius 3 is 2.84 bits per heavy atom. The molecule has 0 saturated heterocycles. The van der Waals surface area contributed by atoms with Crippen LogP contribution in [0.1, 0.15) is 16.3 Å². The molecule has 0 aliphatic heterocycles. The number of fused-ring (bicyclic) bond motifs is 3. The molecule has 0 fully saturated rings. The number of furan rings is 2. The first-order valence-corrected chi connectivity index (χ1v) is 7.76. The van der Waals surface area contributed by atoms with Crippen LogP contribution in [0, 0.1) is 0 Å². The maximum Gasteiger partial charge on any atom is 0.307 e. The van der Waals surface area contributed by atoms with Crippen molar-refractivity contribution >= 4 is 39.9 Å². The van der Waals surface area contributed by atoms with Gasteiger partial charge >= 0.3 is 5.91 Å². The number of nitrogens with zero attached hydrogens (tertiary/aromatic N) is 1. The van der Waals surface area contributed by atoms with Gasteiger partial charge in [-0.15, -0.1) is 0 Å². The first kappa shape index (κ1) is 15.0. The van der Waals surface area contributed by atoms with Crippen molar-refractivity contribution in [2.45, 2.75) is 0 Å². The van der Waals surface area contributed by atoms with Crippen LogP contribution in [0.15, 0.2) is 80.9 Å². The van der Waals surface area contributed by atoms with Crippen molar-refractivity contribution in [3.63, 3.8) is 0 Å². The molecule has 0 aliphatic carbocycles. The molecule has 25 heavy (non-hydrogen) atoms. The zero-order valence-corrected chi connectivity index (χ0v) is 13.2. The summed E-state index contributed by atoms with van der Waals surface area (Å²) in [5, 5.41) is 6.92. The number of carbonyl (C=O) groups is 1. The van der Waals surface area contributed by atoms with Crippen molar-refractivity contribution in [1.29, 1.82) is 0 Å². The van der Waals surface area contributed by atoms with Crippen molar-refractivity contribution < 1.29 is 13.6 Å². The fraction of sp³-hybridized carbons (Fsp3) is 0. The minimum Gasteiger partial charge on any atom is -0.465 e. The second-order valence-corrected chi connectivity index (χ2v) is 5.40. The molecule has 0 aliphatic rings. The molecule has 2 aromatic heterocycles. The van der Waals surface area contributed by atoms with E-state index >= 15 is 0 Å². The maximum absolute atomic E-state index is 12.2. The van der Waals surface area contributed by atoms with Gasteiger partial charge in [0.1, 0.15) is 11.3 Å². The van der Waals surface area contributed by atoms with E-state index in [4.69, 9.17) is 8.83 Å². The van der Waals surface area contributed by atoms with E-state index in [1.807, 2.05) is 42.5 Å². The highest BCUT2D eigenvalue weighted by molar-refractivity contribution is 6.08. The van der Waals surface area contributed by atoms with Crippen LogP contribution in [0.25, 0.3) is 27.8 Å². The van der Waals surface area contributed by atoms with E-state index in [2.05, 4.69) is 10.5 Å². The molecule has 1 amide bonds. The molecule has 2 heterocycles. The predicted octanol–water partition coefficient (Wildman–Crippen LogP) is 4.61. The Morgan fingerprint density at radius 1 is 1.04 bits per heavy atom. The van der Waals surface area contributed by atoms with Gasteiger partial charge < -0.3 is 8.83 Å². The molecule has 0 unspecified atom stereocenters. The summed E-state index contributed by atoms with van der Waals surface area (Å²) in [5.74, 6) is 0.531. The van der Waals surface area contributed by atoms with E-state index in [-0.39, 0.29) is 5.76 Å². The Hall–Kier alpha value is -3.60. The van der Waals surface area contributed by atoms with Crippen LogP contribution in [0.2, 0.25) is 0 Å². The molecule has 4 rings (SSSR count). The van der Waals surface area contributed by atoms with E-state index in [0.717, 1.165) is 16.2 Å². The van der Waals surface area contributed by atoms with Gasteiger partial charge in [-0.25, -0.2) is 5.43 Å². The largest absolute Gasteiger partial charge is 0.465 e. The third kappa shape index (κ3) is 3.07. The smallest absolute Gasteiger partial charge is 0.307 e. The lowest BCUT2D eigenvalue weighted by Crippen LogP contribution is -2.16. The summed E-state index contributed by atoms with van der Waals surface area (Å²) in [6, 6.07) is 17.2. The zero-order valence-electron chi connectivity index (χ0n) is 13.2. The van der Waals surface area contributed by atoms with Crippen LogP contribution in [0.5, 0.6) is 0 Å². The molecule has 4 aromatic rings. The van der Waals surface area contributed by atoms with Crippen LogP contribution in [-0.2, 0) is 0 Å². The average Bonchev–Trinajstić information content (AvgIpc) is 3.30. The van der Waals surface area contributed by atoms with Crippen molar-refractivity contribution in [3.05, 3.63) is 78.5 Å². The number of hydrogen-bond acceptors (Lipinski definition) is 4. The fourth-order valence-electron chi connectivity index (χ4n) is 2.62. The van der Waals surface area contributed by atoms with Crippen LogP contribution >= 0.6 is 0 Å². The highest BCUT2D eigenvalue weighted by Gasteiger charge is 2.13. The lowest BCUT2D eigenvalue weighted by atomic mass is 10.1. The zero-order chi connectivity index (χ0) is 17.1. The summed E-state index contributed by atoms with van der Waals surface area (Å²) in [4.78, 5) is 12.2. The Morgan fingerprint density at radius 2 is 1.96 bits per heavy atom. The fourth-order valence-corrected chi connectivity index (χ4v) is 2.62. The number of benzene rings is 2. The van der Waals surface area contributed by atoms with E-state index in [0.29, 0.717) is 11.3 Å². The van der Waals surface area contributed by atoms with Crippen molar-refractivity contribution in [1.82, 2.24) is 5.43 Å². The Labute approximate surface area is 143 Å². The second-order valence-electron chi connectivity index (χ2n) is 5.40. The summed E-state index contributed by atoms with van der Waals surface area (Å²) < 4.78 is 10.8. The van der Waals surface area contributed by atoms with Gasteiger partial charge in [-0.3, -0.25) is 4.79 Å². The van der Waals surface area contributed by atoms with Gasteiger partial charge in [-0.1, -0.05) is 30.3 Å². The molecular formula is C20H14N2O3. The minimum absolute atomic E-state index is 0.221. The third-order valence-corrected chi connectivity index (χ3v) is 3.78. The first-order chi connectivity index (χ1) is 12.3. The second kappa shape index (κ2) is 6.49. The summed E-state index contributed by atoms with van der Waals surface area (Å²) in [7, 11) is 0. The van der Waals surface area contributed by atoms with Gasteiger partial charge in [0, 0.05) is 11.6 Å². The maximum atomic E-state index is 12.2. The van der Waals surface area contributed by atoms with E-state index < -0.39 is 5.91 Å². The van der Waals surface area contributed by atoms with Gasteiger partial charge in [0.15, 0.2) is 5.76 Å². The number of hydrazone groups is 1. The highest BCUT2D eigenvalue weighted by Crippen LogP contribution is 2.28. The summed E-state index contributed by atoms with van der Waals surface area (Å²) in [6.45, 7) is 0. The van der Waals surface area contributed by atoms with Crippen molar-refractivity contribution in [3.8, 4) is 0 Å². The van der Waals surface area contributed by atoms with Crippen LogP contribution in [0.4, 0.5) is 0 Å². The number of carbonyl (C=O) groups excluding carboxylic acids is 1. The van der Waals surface area contributed by atoms with Crippen molar-refractivity contribution in [2.75, 3.05) is 0 Å². The number of amides is 1. The van der Waals surface area contributed by atoms with E-state index in [9.17, 15) is 4.79 Å². The van der Waals surface area contributed by atoms with Gasteiger partial charge in [0.2, 0.25) is 0 Å². The van der Waals surface area contributed by atoms with Crippen LogP contribution < -0.4 is 5.43 Å². The predicted molar refractivity (Wildman–Crippen MR) is 97.4 cm³/mol. The number of rotatable bonds is 4. The Balaban J connectivity index is 1.51. The molecule has 5 nitrogen and oxygen atoms in total. The quantitative estimate of drug-likeness (QED) is 0.439. The standard InChI is InChI=1S/C20H14N2O3/c23-20(22-21-11-3-6-15-7-4-12-24-15)19-13-17-16-8-2-1-5-14(16)9-10-18(17)25-19/h1-13H,(H,22,23)/b6-3+,21-11+. The molecule has 0 bridgehead atoms. The molecule has 0 saturated carbocycles. The van der Waals surface area contributed by atoms with Crippen LogP contribution in [-0.4, -0.2) is 12.1 Å².